The number of H-pyrrole nitrogens is 1. The van der Waals surface area contributed by atoms with E-state index in [1.54, 1.807) is 6.20 Å². The van der Waals surface area contributed by atoms with Crippen LogP contribution in [0.3, 0.4) is 0 Å². The zero-order chi connectivity index (χ0) is 14.7. The van der Waals surface area contributed by atoms with Gasteiger partial charge in [-0.25, -0.2) is 0 Å². The van der Waals surface area contributed by atoms with E-state index >= 15 is 0 Å². The molecule has 0 bridgehead atoms. The molecule has 0 aliphatic carbocycles. The van der Waals surface area contributed by atoms with Crippen LogP contribution in [0.2, 0.25) is 0 Å². The van der Waals surface area contributed by atoms with Crippen molar-refractivity contribution in [1.82, 2.24) is 15.2 Å². The Balaban J connectivity index is 1.66. The minimum absolute atomic E-state index is 0.762. The Morgan fingerprint density at radius 1 is 1.29 bits per heavy atom. The van der Waals surface area contributed by atoms with Crippen LogP contribution in [0.1, 0.15) is 17.7 Å². The number of aromatic nitrogens is 3. The van der Waals surface area contributed by atoms with E-state index in [1.165, 1.54) is 5.56 Å². The Morgan fingerprint density at radius 2 is 2.19 bits per heavy atom. The summed E-state index contributed by atoms with van der Waals surface area (Å²) in [5.74, 6) is 0. The summed E-state index contributed by atoms with van der Waals surface area (Å²) in [7, 11) is 0. The molecule has 3 rings (SSSR count). The van der Waals surface area contributed by atoms with E-state index in [9.17, 15) is 0 Å². The lowest BCUT2D eigenvalue weighted by Crippen LogP contribution is -2.04. The molecular formula is C16H19N5. The number of nitrogens with two attached hydrogens (primary N) is 1. The standard InChI is InChI=1S/C16H19N5/c1-11-12(10-20-21-11)4-2-8-18-15-7-6-14(17)13-5-3-9-19-16(13)15/h3,5-7,9-10,18H,2,4,8,17H2,1H3,(H,20,21). The fourth-order valence-electron chi connectivity index (χ4n) is 2.47. The highest BCUT2D eigenvalue weighted by molar-refractivity contribution is 5.98. The van der Waals surface area contributed by atoms with Gasteiger partial charge in [-0.2, -0.15) is 5.10 Å². The van der Waals surface area contributed by atoms with E-state index in [1.807, 2.05) is 37.4 Å². The third-order valence-electron chi connectivity index (χ3n) is 3.68. The summed E-state index contributed by atoms with van der Waals surface area (Å²) in [5, 5.41) is 11.4. The van der Waals surface area contributed by atoms with E-state index in [-0.39, 0.29) is 0 Å². The van der Waals surface area contributed by atoms with Crippen molar-refractivity contribution in [2.45, 2.75) is 19.8 Å². The molecule has 0 spiro atoms. The number of hydrogen-bond acceptors (Lipinski definition) is 4. The maximum Gasteiger partial charge on any atom is 0.0953 e. The zero-order valence-electron chi connectivity index (χ0n) is 12.1. The first kappa shape index (κ1) is 13.4. The van der Waals surface area contributed by atoms with Gasteiger partial charge in [0.05, 0.1) is 17.4 Å². The summed E-state index contributed by atoms with van der Waals surface area (Å²) in [6.07, 6.45) is 5.74. The predicted molar refractivity (Wildman–Crippen MR) is 86.3 cm³/mol. The van der Waals surface area contributed by atoms with Gasteiger partial charge >= 0.3 is 0 Å². The molecule has 0 aliphatic rings. The van der Waals surface area contributed by atoms with Crippen LogP contribution < -0.4 is 11.1 Å². The average molecular weight is 281 g/mol. The molecule has 5 heteroatoms. The highest BCUT2D eigenvalue weighted by atomic mass is 15.1. The lowest BCUT2D eigenvalue weighted by Gasteiger charge is -2.10. The molecule has 5 nitrogen and oxygen atoms in total. The Bertz CT molecular complexity index is 747. The summed E-state index contributed by atoms with van der Waals surface area (Å²) in [4.78, 5) is 4.43. The predicted octanol–water partition coefficient (Wildman–Crippen LogP) is 2.89. The summed E-state index contributed by atoms with van der Waals surface area (Å²) >= 11 is 0. The highest BCUT2D eigenvalue weighted by Gasteiger charge is 2.05. The molecule has 4 N–H and O–H groups in total. The number of hydrogen-bond donors (Lipinski definition) is 3. The molecule has 3 aromatic rings. The molecule has 0 saturated heterocycles. The molecule has 0 amide bonds. The zero-order valence-corrected chi connectivity index (χ0v) is 12.1. The Labute approximate surface area is 123 Å². The quantitative estimate of drug-likeness (QED) is 0.496. The van der Waals surface area contributed by atoms with Crippen LogP contribution in [-0.4, -0.2) is 21.7 Å². The van der Waals surface area contributed by atoms with Crippen LogP contribution in [0, 0.1) is 6.92 Å². The van der Waals surface area contributed by atoms with Crippen molar-refractivity contribution in [2.75, 3.05) is 17.6 Å². The number of nitrogens with zero attached hydrogens (tertiary/aromatic N) is 2. The van der Waals surface area contributed by atoms with Crippen LogP contribution in [-0.2, 0) is 6.42 Å². The second-order valence-electron chi connectivity index (χ2n) is 5.15. The Kier molecular flexibility index (Phi) is 3.73. The summed E-state index contributed by atoms with van der Waals surface area (Å²) in [6.45, 7) is 2.94. The first-order valence-corrected chi connectivity index (χ1v) is 7.11. The average Bonchev–Trinajstić information content (AvgIpc) is 2.91. The number of rotatable bonds is 5. The molecular weight excluding hydrogens is 262 g/mol. The molecule has 108 valence electrons. The molecule has 0 atom stereocenters. The van der Waals surface area contributed by atoms with Crippen LogP contribution in [0.25, 0.3) is 10.9 Å². The van der Waals surface area contributed by atoms with E-state index in [2.05, 4.69) is 20.5 Å². The molecule has 2 aromatic heterocycles. The second-order valence-corrected chi connectivity index (χ2v) is 5.15. The van der Waals surface area contributed by atoms with Crippen molar-refractivity contribution in [2.24, 2.45) is 0 Å². The number of nitrogen functional groups attached to an aromatic ring is 1. The summed E-state index contributed by atoms with van der Waals surface area (Å²) in [5.41, 5.74) is 11.1. The first-order valence-electron chi connectivity index (χ1n) is 7.11. The monoisotopic (exact) mass is 281 g/mol. The maximum atomic E-state index is 5.98. The largest absolute Gasteiger partial charge is 0.398 e. The summed E-state index contributed by atoms with van der Waals surface area (Å²) < 4.78 is 0. The fraction of sp³-hybridized carbons (Fsp3) is 0.250. The van der Waals surface area contributed by atoms with Crippen molar-refractivity contribution in [1.29, 1.82) is 0 Å². The molecule has 1 aromatic carbocycles. The fourth-order valence-corrected chi connectivity index (χ4v) is 2.47. The van der Waals surface area contributed by atoms with Crippen LogP contribution in [0.15, 0.2) is 36.7 Å². The second kappa shape index (κ2) is 5.83. The molecule has 2 heterocycles. The first-order chi connectivity index (χ1) is 10.3. The smallest absolute Gasteiger partial charge is 0.0953 e. The summed E-state index contributed by atoms with van der Waals surface area (Å²) in [6, 6.07) is 7.82. The van der Waals surface area contributed by atoms with Crippen LogP contribution >= 0.6 is 0 Å². The van der Waals surface area contributed by atoms with Gasteiger partial charge in [0.15, 0.2) is 0 Å². The van der Waals surface area contributed by atoms with E-state index < -0.39 is 0 Å². The third-order valence-corrected chi connectivity index (χ3v) is 3.68. The van der Waals surface area contributed by atoms with Gasteiger partial charge < -0.3 is 11.1 Å². The number of aryl methyl sites for hydroxylation is 2. The van der Waals surface area contributed by atoms with E-state index in [4.69, 9.17) is 5.73 Å². The van der Waals surface area contributed by atoms with Crippen LogP contribution in [0.5, 0.6) is 0 Å². The molecule has 0 fully saturated rings. The molecule has 0 aliphatic heterocycles. The van der Waals surface area contributed by atoms with E-state index in [0.29, 0.717) is 0 Å². The lowest BCUT2D eigenvalue weighted by molar-refractivity contribution is 0.858. The number of anilines is 2. The minimum Gasteiger partial charge on any atom is -0.398 e. The molecule has 0 unspecified atom stereocenters. The molecule has 21 heavy (non-hydrogen) atoms. The SMILES string of the molecule is Cc1[nH]ncc1CCCNc1ccc(N)c2cccnc12. The molecule has 0 radical (unpaired) electrons. The van der Waals surface area contributed by atoms with E-state index in [0.717, 1.165) is 47.4 Å². The van der Waals surface area contributed by atoms with Crippen LogP contribution in [0.4, 0.5) is 11.4 Å². The van der Waals surface area contributed by atoms with Gasteiger partial charge in [-0.3, -0.25) is 10.1 Å². The van der Waals surface area contributed by atoms with Gasteiger partial charge in [-0.15, -0.1) is 0 Å². The van der Waals surface area contributed by atoms with Crippen molar-refractivity contribution < 1.29 is 0 Å². The third kappa shape index (κ3) is 2.81. The number of fused-ring (bicyclic) bond motifs is 1. The van der Waals surface area contributed by atoms with Gasteiger partial charge in [0.25, 0.3) is 0 Å². The normalized spacial score (nSPS) is 10.9. The number of benzene rings is 1. The molecule has 0 saturated carbocycles. The number of nitrogens with one attached hydrogen (secondary N) is 2. The van der Waals surface area contributed by atoms with Gasteiger partial charge in [0.1, 0.15) is 0 Å². The Hall–Kier alpha value is -2.56. The maximum absolute atomic E-state index is 5.98. The topological polar surface area (TPSA) is 79.6 Å². The lowest BCUT2D eigenvalue weighted by atomic mass is 10.1. The van der Waals surface area contributed by atoms with Crippen molar-refractivity contribution in [3.63, 3.8) is 0 Å². The van der Waals surface area contributed by atoms with Gasteiger partial charge in [0, 0.05) is 29.5 Å². The Morgan fingerprint density at radius 3 is 3.00 bits per heavy atom. The number of aromatic amines is 1. The van der Waals surface area contributed by atoms with Crippen molar-refractivity contribution in [3.05, 3.63) is 47.9 Å². The minimum atomic E-state index is 0.762. The van der Waals surface area contributed by atoms with Crippen molar-refractivity contribution in [3.8, 4) is 0 Å². The van der Waals surface area contributed by atoms with Gasteiger partial charge in [-0.1, -0.05) is 0 Å². The van der Waals surface area contributed by atoms with Gasteiger partial charge in [0.2, 0.25) is 0 Å². The highest BCUT2D eigenvalue weighted by Crippen LogP contribution is 2.26. The van der Waals surface area contributed by atoms with Crippen molar-refractivity contribution >= 4 is 22.3 Å². The van der Waals surface area contributed by atoms with Gasteiger partial charge in [-0.05, 0) is 49.6 Å². The number of pyridine rings is 1.